The molecule has 3 aromatic rings. The van der Waals surface area contributed by atoms with Gasteiger partial charge < -0.3 is 0 Å². The predicted octanol–water partition coefficient (Wildman–Crippen LogP) is 3.36. The van der Waals surface area contributed by atoms with E-state index in [2.05, 4.69) is 22.2 Å². The molecule has 1 aromatic carbocycles. The second-order valence-corrected chi connectivity index (χ2v) is 10.7. The number of imidazole rings is 1. The van der Waals surface area contributed by atoms with Crippen molar-refractivity contribution in [1.82, 2.24) is 19.5 Å². The van der Waals surface area contributed by atoms with Gasteiger partial charge in [-0.05, 0) is 0 Å². The van der Waals surface area contributed by atoms with Crippen molar-refractivity contribution in [3.8, 4) is 0 Å². The summed E-state index contributed by atoms with van der Waals surface area (Å²) in [6.07, 6.45) is -3.07. The van der Waals surface area contributed by atoms with Crippen LogP contribution in [0.15, 0.2) is 30.3 Å². The van der Waals surface area contributed by atoms with E-state index < -0.39 is 6.18 Å². The number of likely N-dealkylation sites (tertiary alicyclic amines) is 1. The van der Waals surface area contributed by atoms with Gasteiger partial charge in [-0.3, -0.25) is 0 Å². The normalized spacial score (nSPS) is 16.6. The van der Waals surface area contributed by atoms with Crippen LogP contribution >= 0.6 is 11.3 Å². The van der Waals surface area contributed by atoms with E-state index in [0.717, 1.165) is 34.3 Å². The Morgan fingerprint density at radius 2 is 1.97 bits per heavy atom. The summed E-state index contributed by atoms with van der Waals surface area (Å²) in [5, 5.41) is 5.49. The molecule has 1 amide bonds. The summed E-state index contributed by atoms with van der Waals surface area (Å²) in [5.74, 6) is 0.260. The van der Waals surface area contributed by atoms with E-state index in [0.29, 0.717) is 13.2 Å². The standard InChI is InChI=1S/C18H20N4O2SSe.C2H3F3/c1-12-14(22-18(19-12)25-16(20-22)11-24-2)10-21-9-8-15(17(21)23)26-13-6-4-3-5-7-13;1-2(3,4)5/h3-7,15H,8-11H2,1-2H3;1H3. The number of carbonyl (C=O) groups is 1. The molecule has 1 aliphatic heterocycles. The number of ether oxygens (including phenoxy) is 1. The molecule has 0 N–H and O–H groups in total. The van der Waals surface area contributed by atoms with Gasteiger partial charge in [-0.25, -0.2) is 0 Å². The fourth-order valence-corrected chi connectivity index (χ4v) is 6.39. The topological polar surface area (TPSA) is 59.7 Å². The van der Waals surface area contributed by atoms with Crippen LogP contribution in [0.3, 0.4) is 0 Å². The molecule has 0 aliphatic carbocycles. The summed E-state index contributed by atoms with van der Waals surface area (Å²) in [5.41, 5.74) is 1.94. The van der Waals surface area contributed by atoms with Crippen LogP contribution < -0.4 is 4.46 Å². The van der Waals surface area contributed by atoms with Gasteiger partial charge in [0.25, 0.3) is 0 Å². The van der Waals surface area contributed by atoms with Crippen molar-refractivity contribution in [2.45, 2.75) is 44.4 Å². The molecule has 3 heterocycles. The molecule has 2 aromatic heterocycles. The molecule has 1 atom stereocenters. The summed E-state index contributed by atoms with van der Waals surface area (Å²) in [6, 6.07) is 10.3. The van der Waals surface area contributed by atoms with E-state index >= 15 is 0 Å². The molecule has 31 heavy (non-hydrogen) atoms. The van der Waals surface area contributed by atoms with Crippen LogP contribution in [-0.2, 0) is 22.7 Å². The van der Waals surface area contributed by atoms with Crippen LogP contribution in [0.5, 0.6) is 0 Å². The van der Waals surface area contributed by atoms with E-state index in [1.807, 2.05) is 34.5 Å². The molecule has 168 valence electrons. The fourth-order valence-electron chi connectivity index (χ4n) is 3.11. The van der Waals surface area contributed by atoms with Gasteiger partial charge in [0.05, 0.1) is 0 Å². The Balaban J connectivity index is 0.000000491. The zero-order valence-corrected chi connectivity index (χ0v) is 19.9. The number of methoxy groups -OCH3 is 1. The number of halogens is 3. The zero-order valence-electron chi connectivity index (χ0n) is 17.3. The SMILES string of the molecule is CC(F)(F)F.COCc1nn2c(CN3CCC([Se]c4ccccc4)C3=O)c(C)nc2s1. The van der Waals surface area contributed by atoms with E-state index in [1.165, 1.54) is 15.8 Å². The van der Waals surface area contributed by atoms with Crippen LogP contribution in [0.1, 0.15) is 29.7 Å². The van der Waals surface area contributed by atoms with Gasteiger partial charge >= 0.3 is 169 Å². The van der Waals surface area contributed by atoms with Crippen molar-refractivity contribution in [2.24, 2.45) is 0 Å². The van der Waals surface area contributed by atoms with Crippen molar-refractivity contribution in [3.05, 3.63) is 46.7 Å². The van der Waals surface area contributed by atoms with Crippen molar-refractivity contribution in [3.63, 3.8) is 0 Å². The van der Waals surface area contributed by atoms with Gasteiger partial charge in [0.15, 0.2) is 0 Å². The van der Waals surface area contributed by atoms with E-state index in [9.17, 15) is 18.0 Å². The molecule has 1 unspecified atom stereocenters. The molecule has 1 fully saturated rings. The molecule has 4 rings (SSSR count). The van der Waals surface area contributed by atoms with Gasteiger partial charge in [-0.15, -0.1) is 0 Å². The summed E-state index contributed by atoms with van der Waals surface area (Å²) >= 11 is 1.71. The number of alkyl halides is 3. The number of amides is 1. The Labute approximate surface area is 188 Å². The number of aromatic nitrogens is 3. The molecule has 6 nitrogen and oxygen atoms in total. The van der Waals surface area contributed by atoms with E-state index in [4.69, 9.17) is 4.74 Å². The van der Waals surface area contributed by atoms with Crippen LogP contribution in [0.25, 0.3) is 4.96 Å². The first-order valence-electron chi connectivity index (χ1n) is 9.55. The van der Waals surface area contributed by atoms with Gasteiger partial charge in [0, 0.05) is 6.92 Å². The molecular formula is C20H23F3N4O2SSe. The van der Waals surface area contributed by atoms with E-state index in [1.54, 1.807) is 7.11 Å². The van der Waals surface area contributed by atoms with Crippen LogP contribution in [0.4, 0.5) is 13.2 Å². The van der Waals surface area contributed by atoms with Gasteiger partial charge in [-0.1, -0.05) is 0 Å². The Kier molecular flexibility index (Phi) is 7.74. The minimum atomic E-state index is -4.00. The number of nitrogens with zero attached hydrogens (tertiary/aromatic N) is 4. The number of hydrogen-bond donors (Lipinski definition) is 0. The van der Waals surface area contributed by atoms with Crippen LogP contribution in [0.2, 0.25) is 4.82 Å². The third-order valence-corrected chi connectivity index (χ3v) is 7.96. The van der Waals surface area contributed by atoms with Gasteiger partial charge in [-0.2, -0.15) is 13.2 Å². The summed E-state index contributed by atoms with van der Waals surface area (Å²) in [7, 11) is 1.66. The maximum absolute atomic E-state index is 12.9. The van der Waals surface area contributed by atoms with Crippen molar-refractivity contribution < 1.29 is 22.7 Å². The predicted molar refractivity (Wildman–Crippen MR) is 114 cm³/mol. The Hall–Kier alpha value is -1.94. The van der Waals surface area contributed by atoms with Gasteiger partial charge in [0.1, 0.15) is 0 Å². The molecule has 0 radical (unpaired) electrons. The van der Waals surface area contributed by atoms with Crippen molar-refractivity contribution in [1.29, 1.82) is 0 Å². The monoisotopic (exact) mass is 520 g/mol. The zero-order chi connectivity index (χ0) is 22.6. The first kappa shape index (κ1) is 23.7. The summed E-state index contributed by atoms with van der Waals surface area (Å²) < 4.78 is 39.4. The molecule has 0 spiro atoms. The molecule has 0 bridgehead atoms. The average molecular weight is 519 g/mol. The number of aryl methyl sites for hydroxylation is 1. The number of carbonyl (C=O) groups excluding carboxylic acids is 1. The third kappa shape index (κ3) is 6.52. The molecule has 1 saturated heterocycles. The average Bonchev–Trinajstić information content (AvgIpc) is 3.31. The third-order valence-electron chi connectivity index (χ3n) is 4.42. The van der Waals surface area contributed by atoms with Crippen LogP contribution in [0, 0.1) is 6.92 Å². The van der Waals surface area contributed by atoms with E-state index in [-0.39, 0.29) is 32.6 Å². The number of fused-ring (bicyclic) bond motifs is 1. The number of benzene rings is 1. The summed E-state index contributed by atoms with van der Waals surface area (Å²) in [4.78, 5) is 20.4. The second-order valence-electron chi connectivity index (χ2n) is 7.02. The quantitative estimate of drug-likeness (QED) is 0.469. The van der Waals surface area contributed by atoms with Crippen molar-refractivity contribution in [2.75, 3.05) is 13.7 Å². The first-order valence-corrected chi connectivity index (χ1v) is 12.2. The fraction of sp³-hybridized carbons (Fsp3) is 0.450. The number of rotatable bonds is 6. The van der Waals surface area contributed by atoms with Crippen molar-refractivity contribution >= 4 is 41.6 Å². The second kappa shape index (κ2) is 10.1. The molecule has 11 heteroatoms. The maximum atomic E-state index is 12.9. The Morgan fingerprint density at radius 1 is 1.29 bits per heavy atom. The van der Waals surface area contributed by atoms with Crippen LogP contribution in [-0.4, -0.2) is 60.2 Å². The Morgan fingerprint density at radius 3 is 2.61 bits per heavy atom. The molecule has 1 aliphatic rings. The summed E-state index contributed by atoms with van der Waals surface area (Å²) in [6.45, 7) is 4.03. The first-order chi connectivity index (χ1) is 14.7. The van der Waals surface area contributed by atoms with Gasteiger partial charge in [0.2, 0.25) is 0 Å². The minimum absolute atomic E-state index is 0.133. The molecular weight excluding hydrogens is 496 g/mol. The molecule has 0 saturated carbocycles. The number of hydrogen-bond acceptors (Lipinski definition) is 5. The Bertz CT molecular complexity index is 1020.